The van der Waals surface area contributed by atoms with Crippen LogP contribution >= 0.6 is 11.3 Å². The third-order valence-electron chi connectivity index (χ3n) is 4.51. The number of nitrogens with one attached hydrogen (secondary N) is 1. The van der Waals surface area contributed by atoms with Crippen molar-refractivity contribution < 1.29 is 24.2 Å². The van der Waals surface area contributed by atoms with E-state index in [-0.39, 0.29) is 12.5 Å². The fourth-order valence-electron chi connectivity index (χ4n) is 3.00. The maximum atomic E-state index is 12.7. The topological polar surface area (TPSA) is 92.7 Å². The number of aryl methyl sites for hydroxylation is 1. The fraction of sp³-hybridized carbons (Fsp3) is 0.500. The van der Waals surface area contributed by atoms with Crippen molar-refractivity contribution in [2.45, 2.75) is 40.5 Å². The van der Waals surface area contributed by atoms with Gasteiger partial charge in [0.25, 0.3) is 0 Å². The van der Waals surface area contributed by atoms with Crippen LogP contribution in [0.15, 0.2) is 17.2 Å². The number of hydrogen-bond donors (Lipinski definition) is 2. The van der Waals surface area contributed by atoms with E-state index in [4.69, 9.17) is 4.74 Å². The molecule has 2 atom stereocenters. The van der Waals surface area contributed by atoms with Crippen molar-refractivity contribution in [3.05, 3.63) is 27.7 Å². The van der Waals surface area contributed by atoms with Crippen LogP contribution in [0.5, 0.6) is 0 Å². The summed E-state index contributed by atoms with van der Waals surface area (Å²) in [6.07, 6.45) is 0.779. The molecule has 0 saturated carbocycles. The zero-order chi connectivity index (χ0) is 18.7. The van der Waals surface area contributed by atoms with Gasteiger partial charge in [0, 0.05) is 4.88 Å². The molecule has 1 aliphatic rings. The molecule has 2 N–H and O–H groups in total. The van der Waals surface area contributed by atoms with Gasteiger partial charge in [-0.05, 0) is 46.6 Å². The van der Waals surface area contributed by atoms with Crippen molar-refractivity contribution >= 4 is 34.2 Å². The molecule has 1 heterocycles. The average Bonchev–Trinajstić information content (AvgIpc) is 2.90. The Morgan fingerprint density at radius 1 is 1.20 bits per heavy atom. The minimum atomic E-state index is -0.972. The van der Waals surface area contributed by atoms with Gasteiger partial charge >= 0.3 is 11.9 Å². The minimum absolute atomic E-state index is 0.244. The lowest BCUT2D eigenvalue weighted by atomic mass is 9.76. The number of aliphatic carboxylic acids is 1. The molecule has 0 saturated heterocycles. The standard InChI is InChI=1S/C18H23NO5S/c1-5-24-18(23)14-8-11(4)25-16(14)19-15(20)12-6-9(2)10(3)7-13(12)17(21)22/h8,12-13H,5-7H2,1-4H3,(H,19,20)(H,21,22)/t12-,13+/m1/s1. The maximum absolute atomic E-state index is 12.7. The minimum Gasteiger partial charge on any atom is -0.481 e. The van der Waals surface area contributed by atoms with E-state index < -0.39 is 23.8 Å². The van der Waals surface area contributed by atoms with E-state index in [0.29, 0.717) is 23.4 Å². The summed E-state index contributed by atoms with van der Waals surface area (Å²) in [6, 6.07) is 1.67. The first kappa shape index (κ1) is 19.2. The third-order valence-corrected chi connectivity index (χ3v) is 5.47. The maximum Gasteiger partial charge on any atom is 0.341 e. The molecule has 0 unspecified atom stereocenters. The van der Waals surface area contributed by atoms with Crippen molar-refractivity contribution in [3.63, 3.8) is 0 Å². The summed E-state index contributed by atoms with van der Waals surface area (Å²) >= 11 is 1.28. The smallest absolute Gasteiger partial charge is 0.341 e. The molecule has 136 valence electrons. The fourth-order valence-corrected chi connectivity index (χ4v) is 3.90. The predicted molar refractivity (Wildman–Crippen MR) is 95.9 cm³/mol. The summed E-state index contributed by atoms with van der Waals surface area (Å²) in [6.45, 7) is 7.62. The van der Waals surface area contributed by atoms with E-state index >= 15 is 0 Å². The zero-order valence-corrected chi connectivity index (χ0v) is 15.7. The Balaban J connectivity index is 2.24. The number of hydrogen-bond acceptors (Lipinski definition) is 5. The van der Waals surface area contributed by atoms with E-state index in [1.54, 1.807) is 13.0 Å². The van der Waals surface area contributed by atoms with Gasteiger partial charge < -0.3 is 15.2 Å². The zero-order valence-electron chi connectivity index (χ0n) is 14.8. The summed E-state index contributed by atoms with van der Waals surface area (Å²) < 4.78 is 5.01. The highest BCUT2D eigenvalue weighted by atomic mass is 32.1. The molecule has 0 fully saturated rings. The molecule has 0 aromatic carbocycles. The Labute approximate surface area is 150 Å². The van der Waals surface area contributed by atoms with Crippen LogP contribution in [0.1, 0.15) is 48.8 Å². The molecule has 1 amide bonds. The van der Waals surface area contributed by atoms with Crippen molar-refractivity contribution in [2.75, 3.05) is 11.9 Å². The Kier molecular flexibility index (Phi) is 6.00. The first-order valence-corrected chi connectivity index (χ1v) is 9.02. The molecule has 2 rings (SSSR count). The monoisotopic (exact) mass is 365 g/mol. The Morgan fingerprint density at radius 3 is 2.36 bits per heavy atom. The molecule has 25 heavy (non-hydrogen) atoms. The van der Waals surface area contributed by atoms with Gasteiger partial charge in [0.15, 0.2) is 0 Å². The molecule has 0 spiro atoms. The number of amides is 1. The molecule has 1 aromatic heterocycles. The van der Waals surface area contributed by atoms with E-state index in [9.17, 15) is 19.5 Å². The van der Waals surface area contributed by atoms with Crippen molar-refractivity contribution in [3.8, 4) is 0 Å². The molecule has 0 aliphatic heterocycles. The Morgan fingerprint density at radius 2 is 1.80 bits per heavy atom. The lowest BCUT2D eigenvalue weighted by molar-refractivity contribution is -0.146. The first-order valence-electron chi connectivity index (χ1n) is 8.21. The number of esters is 1. The number of allylic oxidation sites excluding steroid dienone is 2. The van der Waals surface area contributed by atoms with Crippen molar-refractivity contribution in [1.29, 1.82) is 0 Å². The van der Waals surface area contributed by atoms with Gasteiger partial charge in [-0.2, -0.15) is 0 Å². The highest BCUT2D eigenvalue weighted by Crippen LogP contribution is 2.36. The number of carboxylic acids is 1. The van der Waals surface area contributed by atoms with Crippen LogP contribution < -0.4 is 5.32 Å². The van der Waals surface area contributed by atoms with Crippen LogP contribution in [0.4, 0.5) is 5.00 Å². The summed E-state index contributed by atoms with van der Waals surface area (Å²) in [5.41, 5.74) is 2.38. The Bertz CT molecular complexity index is 734. The van der Waals surface area contributed by atoms with Crippen LogP contribution in [0, 0.1) is 18.8 Å². The number of carbonyl (C=O) groups excluding carboxylic acids is 2. The summed E-state index contributed by atoms with van der Waals surface area (Å²) in [7, 11) is 0. The lowest BCUT2D eigenvalue weighted by Gasteiger charge is -2.29. The van der Waals surface area contributed by atoms with Crippen LogP contribution in [-0.4, -0.2) is 29.6 Å². The van der Waals surface area contributed by atoms with Crippen LogP contribution in [-0.2, 0) is 14.3 Å². The molecule has 0 bridgehead atoms. The molecule has 7 heteroatoms. The van der Waals surface area contributed by atoms with Crippen LogP contribution in [0.2, 0.25) is 0 Å². The van der Waals surface area contributed by atoms with E-state index in [1.807, 2.05) is 20.8 Å². The molecule has 6 nitrogen and oxygen atoms in total. The van der Waals surface area contributed by atoms with E-state index in [0.717, 1.165) is 16.0 Å². The molecular formula is C18H23NO5S. The molecule has 1 aromatic rings. The largest absolute Gasteiger partial charge is 0.481 e. The molecular weight excluding hydrogens is 342 g/mol. The van der Waals surface area contributed by atoms with Gasteiger partial charge in [-0.3, -0.25) is 9.59 Å². The number of rotatable bonds is 5. The predicted octanol–water partition coefficient (Wildman–Crippen LogP) is 3.62. The quantitative estimate of drug-likeness (QED) is 0.614. The first-order chi connectivity index (χ1) is 11.7. The normalized spacial score (nSPS) is 20.3. The van der Waals surface area contributed by atoms with Gasteiger partial charge in [0.2, 0.25) is 5.91 Å². The number of thiophene rings is 1. The third kappa shape index (κ3) is 4.28. The Hall–Kier alpha value is -2.15. The average molecular weight is 365 g/mol. The second kappa shape index (κ2) is 7.82. The van der Waals surface area contributed by atoms with Gasteiger partial charge in [-0.15, -0.1) is 11.3 Å². The van der Waals surface area contributed by atoms with Crippen LogP contribution in [0.3, 0.4) is 0 Å². The molecule has 1 aliphatic carbocycles. The second-order valence-corrected chi connectivity index (χ2v) is 7.59. The van der Waals surface area contributed by atoms with E-state index in [1.165, 1.54) is 11.3 Å². The lowest BCUT2D eigenvalue weighted by Crippen LogP contribution is -2.36. The summed E-state index contributed by atoms with van der Waals surface area (Å²) in [5.74, 6) is -3.24. The van der Waals surface area contributed by atoms with Crippen molar-refractivity contribution in [2.24, 2.45) is 11.8 Å². The number of ether oxygens (including phenoxy) is 1. The number of carbonyl (C=O) groups is 3. The SMILES string of the molecule is CCOC(=O)c1cc(C)sc1NC(=O)[C@@H]1CC(C)=C(C)C[C@@H]1C(=O)O. The molecule has 0 radical (unpaired) electrons. The highest BCUT2D eigenvalue weighted by Gasteiger charge is 2.37. The van der Waals surface area contributed by atoms with E-state index in [2.05, 4.69) is 5.32 Å². The van der Waals surface area contributed by atoms with Gasteiger partial charge in [-0.1, -0.05) is 11.1 Å². The van der Waals surface area contributed by atoms with Crippen LogP contribution in [0.25, 0.3) is 0 Å². The highest BCUT2D eigenvalue weighted by molar-refractivity contribution is 7.16. The van der Waals surface area contributed by atoms with Gasteiger partial charge in [0.1, 0.15) is 5.00 Å². The van der Waals surface area contributed by atoms with Gasteiger partial charge in [-0.25, -0.2) is 4.79 Å². The number of anilines is 1. The summed E-state index contributed by atoms with van der Waals surface area (Å²) in [4.78, 5) is 37.2. The number of carboxylic acid groups (broad SMARTS) is 1. The second-order valence-electron chi connectivity index (χ2n) is 6.33. The van der Waals surface area contributed by atoms with Crippen molar-refractivity contribution in [1.82, 2.24) is 0 Å². The summed E-state index contributed by atoms with van der Waals surface area (Å²) in [5, 5.41) is 12.6. The van der Waals surface area contributed by atoms with Gasteiger partial charge in [0.05, 0.1) is 24.0 Å².